The lowest BCUT2D eigenvalue weighted by molar-refractivity contribution is -0.111. The molecule has 6 nitrogen and oxygen atoms in total. The summed E-state index contributed by atoms with van der Waals surface area (Å²) in [6.45, 7) is 0. The van der Waals surface area contributed by atoms with Gasteiger partial charge in [0.25, 0.3) is 0 Å². The molecule has 27 heavy (non-hydrogen) atoms. The van der Waals surface area contributed by atoms with Gasteiger partial charge in [-0.05, 0) is 36.4 Å². The van der Waals surface area contributed by atoms with Gasteiger partial charge < -0.3 is 14.8 Å². The number of nitrogens with one attached hydrogen (secondary N) is 1. The predicted octanol–water partition coefficient (Wildman–Crippen LogP) is 4.22. The average molecular weight is 408 g/mol. The Kier molecular flexibility index (Phi) is 6.98. The number of benzene rings is 2. The van der Waals surface area contributed by atoms with E-state index in [2.05, 4.69) is 14.8 Å². The van der Waals surface area contributed by atoms with Gasteiger partial charge in [0.1, 0.15) is 0 Å². The Hall–Kier alpha value is -2.83. The Balaban J connectivity index is 2.27. The van der Waals surface area contributed by atoms with E-state index in [1.165, 1.54) is 44.6 Å². The fourth-order valence-electron chi connectivity index (χ4n) is 2.18. The fourth-order valence-corrected chi connectivity index (χ4v) is 2.71. The molecule has 1 amide bonds. The number of methoxy groups -OCH3 is 2. The standard InChI is InChI=1S/C19H15Cl2NO5/c1-26-18(24)11-8-12(19(25)27-2)10-13(9-11)22-17(23)7-6-14-15(20)4-3-5-16(14)21/h3-10H,1-2H3,(H,22,23). The molecule has 0 fully saturated rings. The summed E-state index contributed by atoms with van der Waals surface area (Å²) in [7, 11) is 2.42. The van der Waals surface area contributed by atoms with Crippen molar-refractivity contribution in [1.82, 2.24) is 0 Å². The molecule has 0 unspecified atom stereocenters. The highest BCUT2D eigenvalue weighted by atomic mass is 35.5. The van der Waals surface area contributed by atoms with Crippen LogP contribution in [0, 0.1) is 0 Å². The normalized spacial score (nSPS) is 10.5. The van der Waals surface area contributed by atoms with Crippen molar-refractivity contribution in [1.29, 1.82) is 0 Å². The number of ether oxygens (including phenoxy) is 2. The number of carbonyl (C=O) groups is 3. The molecule has 1 N–H and O–H groups in total. The highest BCUT2D eigenvalue weighted by Gasteiger charge is 2.14. The van der Waals surface area contributed by atoms with Crippen LogP contribution in [-0.4, -0.2) is 32.1 Å². The second-order valence-corrected chi connectivity index (χ2v) is 6.05. The van der Waals surface area contributed by atoms with Crippen LogP contribution in [0.1, 0.15) is 26.3 Å². The van der Waals surface area contributed by atoms with Crippen LogP contribution in [0.5, 0.6) is 0 Å². The number of anilines is 1. The summed E-state index contributed by atoms with van der Waals surface area (Å²) in [5.41, 5.74) is 0.899. The Labute approximate surface area is 165 Å². The summed E-state index contributed by atoms with van der Waals surface area (Å²) in [4.78, 5) is 35.7. The quantitative estimate of drug-likeness (QED) is 0.592. The van der Waals surface area contributed by atoms with E-state index in [0.717, 1.165) is 0 Å². The van der Waals surface area contributed by atoms with Crippen molar-refractivity contribution >= 4 is 52.8 Å². The van der Waals surface area contributed by atoms with Gasteiger partial charge in [-0.2, -0.15) is 0 Å². The number of hydrogen-bond acceptors (Lipinski definition) is 5. The second-order valence-electron chi connectivity index (χ2n) is 5.24. The molecule has 2 aromatic carbocycles. The maximum absolute atomic E-state index is 12.2. The van der Waals surface area contributed by atoms with E-state index in [4.69, 9.17) is 23.2 Å². The van der Waals surface area contributed by atoms with Crippen molar-refractivity contribution in [3.05, 3.63) is 69.2 Å². The molecule has 0 saturated heterocycles. The van der Waals surface area contributed by atoms with Crippen LogP contribution in [-0.2, 0) is 14.3 Å². The fraction of sp³-hybridized carbons (Fsp3) is 0.105. The van der Waals surface area contributed by atoms with Crippen molar-refractivity contribution in [2.75, 3.05) is 19.5 Å². The van der Waals surface area contributed by atoms with Crippen molar-refractivity contribution in [3.63, 3.8) is 0 Å². The SMILES string of the molecule is COC(=O)c1cc(NC(=O)C=Cc2c(Cl)cccc2Cl)cc(C(=O)OC)c1. The van der Waals surface area contributed by atoms with Crippen LogP contribution >= 0.6 is 23.2 Å². The van der Waals surface area contributed by atoms with Crippen molar-refractivity contribution in [2.45, 2.75) is 0 Å². The van der Waals surface area contributed by atoms with Gasteiger partial charge in [-0.3, -0.25) is 4.79 Å². The molecular weight excluding hydrogens is 393 g/mol. The highest BCUT2D eigenvalue weighted by Crippen LogP contribution is 2.25. The number of carbonyl (C=O) groups excluding carboxylic acids is 3. The lowest BCUT2D eigenvalue weighted by Crippen LogP contribution is -2.12. The summed E-state index contributed by atoms with van der Waals surface area (Å²) in [5, 5.41) is 3.35. The molecule has 0 aliphatic rings. The monoisotopic (exact) mass is 407 g/mol. The third-order valence-corrected chi connectivity index (χ3v) is 4.10. The molecule has 0 spiro atoms. The van der Waals surface area contributed by atoms with Crippen LogP contribution in [0.3, 0.4) is 0 Å². The number of rotatable bonds is 5. The first-order chi connectivity index (χ1) is 12.8. The van der Waals surface area contributed by atoms with E-state index in [1.54, 1.807) is 18.2 Å². The molecule has 0 bridgehead atoms. The summed E-state index contributed by atoms with van der Waals surface area (Å²) in [6.07, 6.45) is 2.70. The second kappa shape index (κ2) is 9.21. The van der Waals surface area contributed by atoms with Gasteiger partial charge in [-0.15, -0.1) is 0 Å². The summed E-state index contributed by atoms with van der Waals surface area (Å²) >= 11 is 12.1. The van der Waals surface area contributed by atoms with E-state index >= 15 is 0 Å². The zero-order chi connectivity index (χ0) is 20.0. The molecule has 0 heterocycles. The molecule has 0 aliphatic heterocycles. The molecule has 0 aromatic heterocycles. The maximum atomic E-state index is 12.2. The van der Waals surface area contributed by atoms with Crippen molar-refractivity contribution in [2.24, 2.45) is 0 Å². The highest BCUT2D eigenvalue weighted by molar-refractivity contribution is 6.37. The van der Waals surface area contributed by atoms with Crippen molar-refractivity contribution in [3.8, 4) is 0 Å². The largest absolute Gasteiger partial charge is 0.465 e. The molecule has 8 heteroatoms. The molecule has 0 atom stereocenters. The third kappa shape index (κ3) is 5.32. The molecule has 0 aliphatic carbocycles. The molecule has 2 rings (SSSR count). The minimum absolute atomic E-state index is 0.0915. The van der Waals surface area contributed by atoms with Gasteiger partial charge in [0.05, 0.1) is 25.3 Å². The maximum Gasteiger partial charge on any atom is 0.337 e. The van der Waals surface area contributed by atoms with Gasteiger partial charge in [-0.25, -0.2) is 9.59 Å². The third-order valence-electron chi connectivity index (χ3n) is 3.44. The van der Waals surface area contributed by atoms with E-state index < -0.39 is 17.8 Å². The lowest BCUT2D eigenvalue weighted by atomic mass is 10.1. The minimum atomic E-state index is -0.658. The molecule has 2 aromatic rings. The number of esters is 2. The Morgan fingerprint density at radius 1 is 0.926 bits per heavy atom. The van der Waals surface area contributed by atoms with Gasteiger partial charge in [0.15, 0.2) is 0 Å². The van der Waals surface area contributed by atoms with Crippen LogP contribution in [0.4, 0.5) is 5.69 Å². The summed E-state index contributed by atoms with van der Waals surface area (Å²) < 4.78 is 9.30. The number of halogens is 2. The average Bonchev–Trinajstić information content (AvgIpc) is 2.65. The Bertz CT molecular complexity index is 870. The van der Waals surface area contributed by atoms with E-state index in [9.17, 15) is 14.4 Å². The van der Waals surface area contributed by atoms with Gasteiger partial charge in [0.2, 0.25) is 5.91 Å². The van der Waals surface area contributed by atoms with Gasteiger partial charge >= 0.3 is 11.9 Å². The van der Waals surface area contributed by atoms with E-state index in [-0.39, 0.29) is 16.8 Å². The topological polar surface area (TPSA) is 81.7 Å². The Morgan fingerprint density at radius 3 is 1.93 bits per heavy atom. The van der Waals surface area contributed by atoms with Crippen LogP contribution < -0.4 is 5.32 Å². The molecular formula is C19H15Cl2NO5. The number of amides is 1. The molecule has 0 saturated carbocycles. The van der Waals surface area contributed by atoms with Crippen molar-refractivity contribution < 1.29 is 23.9 Å². The van der Waals surface area contributed by atoms with Crippen LogP contribution in [0.2, 0.25) is 10.0 Å². The van der Waals surface area contributed by atoms with Crippen LogP contribution in [0.15, 0.2) is 42.5 Å². The zero-order valence-corrected chi connectivity index (χ0v) is 15.9. The first kappa shape index (κ1) is 20.5. The molecule has 140 valence electrons. The number of hydrogen-bond donors (Lipinski definition) is 1. The molecule has 0 radical (unpaired) electrons. The van der Waals surface area contributed by atoms with Gasteiger partial charge in [-0.1, -0.05) is 29.3 Å². The predicted molar refractivity (Wildman–Crippen MR) is 103 cm³/mol. The lowest BCUT2D eigenvalue weighted by Gasteiger charge is -2.08. The summed E-state index contributed by atoms with van der Waals surface area (Å²) in [6, 6.07) is 9.06. The summed E-state index contributed by atoms with van der Waals surface area (Å²) in [5.74, 6) is -1.83. The Morgan fingerprint density at radius 2 is 1.44 bits per heavy atom. The minimum Gasteiger partial charge on any atom is -0.465 e. The smallest absolute Gasteiger partial charge is 0.337 e. The first-order valence-corrected chi connectivity index (χ1v) is 8.36. The zero-order valence-electron chi connectivity index (χ0n) is 14.4. The van der Waals surface area contributed by atoms with E-state index in [0.29, 0.717) is 15.6 Å². The van der Waals surface area contributed by atoms with Crippen LogP contribution in [0.25, 0.3) is 6.08 Å². The van der Waals surface area contributed by atoms with E-state index in [1.807, 2.05) is 0 Å². The van der Waals surface area contributed by atoms with Gasteiger partial charge in [0, 0.05) is 27.4 Å². The first-order valence-electron chi connectivity index (χ1n) is 7.60.